The molecular weight excluding hydrogens is 136 g/mol. The van der Waals surface area contributed by atoms with Crippen molar-refractivity contribution in [1.82, 2.24) is 0 Å². The van der Waals surface area contributed by atoms with Gasteiger partial charge in [-0.1, -0.05) is 25.5 Å². The summed E-state index contributed by atoms with van der Waals surface area (Å²) in [6, 6.07) is 0. The second-order valence-corrected chi connectivity index (χ2v) is 4.06. The normalized spacial score (nSPS) is 24.3. The molecule has 0 aromatic carbocycles. The van der Waals surface area contributed by atoms with Crippen LogP contribution in [0.1, 0.15) is 40.0 Å². The Labute approximate surface area is 68.5 Å². The molecule has 0 unspecified atom stereocenters. The van der Waals surface area contributed by atoms with E-state index in [1.54, 1.807) is 0 Å². The number of carbonyl (C=O) groups excluding carboxylic acids is 1. The Kier molecular flexibility index (Phi) is 2.17. The van der Waals surface area contributed by atoms with Crippen molar-refractivity contribution in [2.45, 2.75) is 40.0 Å². The molecule has 1 nitrogen and oxygen atoms in total. The zero-order valence-electron chi connectivity index (χ0n) is 7.61. The van der Waals surface area contributed by atoms with Crippen molar-refractivity contribution in [3.8, 4) is 0 Å². The lowest BCUT2D eigenvalue weighted by Crippen LogP contribution is -2.22. The fraction of sp³-hybridized carbons (Fsp3) is 0.700. The molecule has 0 atom stereocenters. The summed E-state index contributed by atoms with van der Waals surface area (Å²) < 4.78 is 0. The van der Waals surface area contributed by atoms with Crippen LogP contribution in [0.2, 0.25) is 0 Å². The number of hydrogen-bond donors (Lipinski definition) is 0. The van der Waals surface area contributed by atoms with E-state index in [1.807, 2.05) is 13.8 Å². The van der Waals surface area contributed by atoms with Crippen molar-refractivity contribution >= 4 is 5.78 Å². The minimum Gasteiger partial charge on any atom is -0.299 e. The average Bonchev–Trinajstić information content (AvgIpc) is 2.03. The lowest BCUT2D eigenvalue weighted by molar-refractivity contribution is -0.126. The molecule has 0 amide bonds. The summed E-state index contributed by atoms with van der Waals surface area (Å²) in [5.41, 5.74) is 1.28. The Morgan fingerprint density at radius 2 is 2.09 bits per heavy atom. The van der Waals surface area contributed by atoms with Gasteiger partial charge in [-0.05, 0) is 19.8 Å². The van der Waals surface area contributed by atoms with Crippen LogP contribution in [0.15, 0.2) is 11.6 Å². The van der Waals surface area contributed by atoms with Gasteiger partial charge in [0.1, 0.15) is 5.78 Å². The molecule has 1 rings (SSSR count). The molecule has 0 aliphatic heterocycles. The second-order valence-electron chi connectivity index (χ2n) is 4.06. The zero-order valence-corrected chi connectivity index (χ0v) is 7.61. The highest BCUT2D eigenvalue weighted by Gasteiger charge is 2.27. The molecule has 62 valence electrons. The first-order valence-corrected chi connectivity index (χ1v) is 4.21. The standard InChI is InChI=1S/C10H16O/c1-8-4-5-9(11)10(2,3)7-6-8/h4H,5-7H2,1-3H3. The van der Waals surface area contributed by atoms with Crippen LogP contribution in [0.3, 0.4) is 0 Å². The van der Waals surface area contributed by atoms with Crippen LogP contribution in [0.5, 0.6) is 0 Å². The predicted molar refractivity (Wildman–Crippen MR) is 46.4 cm³/mol. The average molecular weight is 152 g/mol. The number of ketones is 1. The van der Waals surface area contributed by atoms with Crippen molar-refractivity contribution in [2.24, 2.45) is 5.41 Å². The third kappa shape index (κ3) is 1.92. The molecule has 0 heterocycles. The van der Waals surface area contributed by atoms with Gasteiger partial charge in [-0.15, -0.1) is 0 Å². The van der Waals surface area contributed by atoms with E-state index < -0.39 is 0 Å². The molecule has 0 saturated heterocycles. The molecule has 0 bridgehead atoms. The zero-order chi connectivity index (χ0) is 8.48. The van der Waals surface area contributed by atoms with Crippen molar-refractivity contribution < 1.29 is 4.79 Å². The Morgan fingerprint density at radius 3 is 2.73 bits per heavy atom. The molecule has 11 heavy (non-hydrogen) atoms. The van der Waals surface area contributed by atoms with Gasteiger partial charge >= 0.3 is 0 Å². The quantitative estimate of drug-likeness (QED) is 0.488. The number of allylic oxidation sites excluding steroid dienone is 2. The molecule has 0 aromatic rings. The van der Waals surface area contributed by atoms with Crippen LogP contribution in [-0.2, 0) is 4.79 Å². The maximum Gasteiger partial charge on any atom is 0.142 e. The third-order valence-electron chi connectivity index (χ3n) is 2.54. The van der Waals surface area contributed by atoms with Gasteiger partial charge in [-0.2, -0.15) is 0 Å². The fourth-order valence-corrected chi connectivity index (χ4v) is 1.29. The van der Waals surface area contributed by atoms with Crippen LogP contribution < -0.4 is 0 Å². The number of rotatable bonds is 0. The summed E-state index contributed by atoms with van der Waals surface area (Å²) in [4.78, 5) is 11.4. The SMILES string of the molecule is CC1=CCC(=O)C(C)(C)CC1. The van der Waals surface area contributed by atoms with Crippen LogP contribution in [0.25, 0.3) is 0 Å². The Hall–Kier alpha value is -0.590. The molecule has 0 spiro atoms. The van der Waals surface area contributed by atoms with Gasteiger partial charge in [-0.3, -0.25) is 4.79 Å². The molecule has 0 radical (unpaired) electrons. The van der Waals surface area contributed by atoms with E-state index >= 15 is 0 Å². The topological polar surface area (TPSA) is 17.1 Å². The minimum atomic E-state index is -0.0890. The minimum absolute atomic E-state index is 0.0890. The van der Waals surface area contributed by atoms with Crippen molar-refractivity contribution in [3.63, 3.8) is 0 Å². The van der Waals surface area contributed by atoms with E-state index in [4.69, 9.17) is 0 Å². The molecule has 1 heteroatoms. The van der Waals surface area contributed by atoms with E-state index in [1.165, 1.54) is 5.57 Å². The Balaban J connectivity index is 2.75. The van der Waals surface area contributed by atoms with E-state index in [9.17, 15) is 4.79 Å². The van der Waals surface area contributed by atoms with Crippen molar-refractivity contribution in [2.75, 3.05) is 0 Å². The molecule has 0 N–H and O–H groups in total. The van der Waals surface area contributed by atoms with E-state index in [0.717, 1.165) is 12.8 Å². The third-order valence-corrected chi connectivity index (χ3v) is 2.54. The van der Waals surface area contributed by atoms with Gasteiger partial charge in [0.15, 0.2) is 0 Å². The van der Waals surface area contributed by atoms with Gasteiger partial charge in [0.25, 0.3) is 0 Å². The lowest BCUT2D eigenvalue weighted by Gasteiger charge is -2.19. The first kappa shape index (κ1) is 8.51. The molecule has 0 aromatic heterocycles. The maximum atomic E-state index is 11.4. The smallest absolute Gasteiger partial charge is 0.142 e. The van der Waals surface area contributed by atoms with Crippen LogP contribution in [-0.4, -0.2) is 5.78 Å². The highest BCUT2D eigenvalue weighted by Crippen LogP contribution is 2.30. The van der Waals surface area contributed by atoms with Crippen LogP contribution in [0.4, 0.5) is 0 Å². The van der Waals surface area contributed by atoms with Gasteiger partial charge in [0, 0.05) is 11.8 Å². The fourth-order valence-electron chi connectivity index (χ4n) is 1.29. The summed E-state index contributed by atoms with van der Waals surface area (Å²) in [6.45, 7) is 6.19. The predicted octanol–water partition coefficient (Wildman–Crippen LogP) is 2.71. The lowest BCUT2D eigenvalue weighted by atomic mass is 9.83. The van der Waals surface area contributed by atoms with Crippen LogP contribution in [0, 0.1) is 5.41 Å². The molecule has 1 aliphatic rings. The number of hydrogen-bond acceptors (Lipinski definition) is 1. The first-order valence-electron chi connectivity index (χ1n) is 4.21. The van der Waals surface area contributed by atoms with E-state index in [-0.39, 0.29) is 5.41 Å². The second kappa shape index (κ2) is 2.80. The molecule has 0 saturated carbocycles. The summed E-state index contributed by atoms with van der Waals surface area (Å²) in [5.74, 6) is 0.384. The Morgan fingerprint density at radius 1 is 1.45 bits per heavy atom. The van der Waals surface area contributed by atoms with Gasteiger partial charge in [0.2, 0.25) is 0 Å². The number of carbonyl (C=O) groups is 1. The highest BCUT2D eigenvalue weighted by atomic mass is 16.1. The summed E-state index contributed by atoms with van der Waals surface area (Å²) in [6.07, 6.45) is 4.79. The van der Waals surface area contributed by atoms with Gasteiger partial charge < -0.3 is 0 Å². The molecular formula is C10H16O. The van der Waals surface area contributed by atoms with Crippen molar-refractivity contribution in [3.05, 3.63) is 11.6 Å². The summed E-state index contributed by atoms with van der Waals surface area (Å²) in [7, 11) is 0. The highest BCUT2D eigenvalue weighted by molar-refractivity contribution is 5.85. The monoisotopic (exact) mass is 152 g/mol. The van der Waals surface area contributed by atoms with Crippen molar-refractivity contribution in [1.29, 1.82) is 0 Å². The first-order chi connectivity index (χ1) is 5.02. The summed E-state index contributed by atoms with van der Waals surface area (Å²) in [5, 5.41) is 0. The summed E-state index contributed by atoms with van der Waals surface area (Å²) >= 11 is 0. The van der Waals surface area contributed by atoms with Gasteiger partial charge in [-0.25, -0.2) is 0 Å². The largest absolute Gasteiger partial charge is 0.299 e. The maximum absolute atomic E-state index is 11.4. The van der Waals surface area contributed by atoms with Gasteiger partial charge in [0.05, 0.1) is 0 Å². The number of Topliss-reactive ketones (excluding diaryl/α,β-unsaturated/α-hetero) is 1. The van der Waals surface area contributed by atoms with E-state index in [2.05, 4.69) is 13.0 Å². The van der Waals surface area contributed by atoms with E-state index in [0.29, 0.717) is 12.2 Å². The Bertz CT molecular complexity index is 199. The molecule has 0 fully saturated rings. The van der Waals surface area contributed by atoms with Crippen LogP contribution >= 0.6 is 0 Å². The molecule has 1 aliphatic carbocycles.